The van der Waals surface area contributed by atoms with Crippen LogP contribution in [0, 0.1) is 11.6 Å². The molecule has 0 bridgehead atoms. The van der Waals surface area contributed by atoms with E-state index in [-0.39, 0.29) is 35.9 Å². The third kappa shape index (κ3) is 5.17. The highest BCUT2D eigenvalue weighted by Crippen LogP contribution is 2.34. The van der Waals surface area contributed by atoms with Crippen molar-refractivity contribution < 1.29 is 18.3 Å². The third-order valence-electron chi connectivity index (χ3n) is 5.37. The molecule has 4 nitrogen and oxygen atoms in total. The van der Waals surface area contributed by atoms with Crippen molar-refractivity contribution in [3.63, 3.8) is 0 Å². The van der Waals surface area contributed by atoms with Gasteiger partial charge in [0, 0.05) is 25.2 Å². The molecule has 1 aliphatic heterocycles. The minimum Gasteiger partial charge on any atom is -0.444 e. The molecule has 0 aliphatic carbocycles. The lowest BCUT2D eigenvalue weighted by molar-refractivity contribution is -0.0163. The van der Waals surface area contributed by atoms with E-state index in [0.717, 1.165) is 11.1 Å². The van der Waals surface area contributed by atoms with E-state index in [2.05, 4.69) is 11.8 Å². The van der Waals surface area contributed by atoms with E-state index < -0.39 is 5.60 Å². The van der Waals surface area contributed by atoms with Crippen LogP contribution in [-0.2, 0) is 4.74 Å². The number of amides is 1. The molecular weight excluding hydrogens is 386 g/mol. The van der Waals surface area contributed by atoms with E-state index in [9.17, 15) is 13.6 Å². The molecule has 0 unspecified atom stereocenters. The monoisotopic (exact) mass is 416 g/mol. The fourth-order valence-corrected chi connectivity index (χ4v) is 3.95. The lowest BCUT2D eigenvalue weighted by atomic mass is 9.93. The summed E-state index contributed by atoms with van der Waals surface area (Å²) in [6.07, 6.45) is -0.318. The maximum absolute atomic E-state index is 13.5. The third-order valence-corrected chi connectivity index (χ3v) is 5.37. The normalized spacial score (nSPS) is 20.5. The van der Waals surface area contributed by atoms with E-state index in [1.54, 1.807) is 29.2 Å². The molecule has 30 heavy (non-hydrogen) atoms. The van der Waals surface area contributed by atoms with Crippen LogP contribution in [0.3, 0.4) is 0 Å². The average molecular weight is 417 g/mol. The van der Waals surface area contributed by atoms with Gasteiger partial charge in [0.05, 0.1) is 6.04 Å². The first-order valence-corrected chi connectivity index (χ1v) is 10.3. The second-order valence-electron chi connectivity index (χ2n) is 9.03. The SMILES string of the molecule is C[C@@H]1CN(C(c2ccc(F)cc2)c2ccc(F)cc2)[C@H](C)CN1C(=O)OC(C)(C)C. The van der Waals surface area contributed by atoms with Crippen LogP contribution in [0.25, 0.3) is 0 Å². The van der Waals surface area contributed by atoms with Crippen LogP contribution in [0.5, 0.6) is 0 Å². The topological polar surface area (TPSA) is 32.8 Å². The minimum absolute atomic E-state index is 0.0221. The van der Waals surface area contributed by atoms with Crippen molar-refractivity contribution in [2.75, 3.05) is 13.1 Å². The van der Waals surface area contributed by atoms with Crippen LogP contribution in [0.15, 0.2) is 48.5 Å². The van der Waals surface area contributed by atoms with Gasteiger partial charge in [0.15, 0.2) is 0 Å². The van der Waals surface area contributed by atoms with Gasteiger partial charge in [0.25, 0.3) is 0 Å². The molecule has 1 amide bonds. The first kappa shape index (κ1) is 22.2. The van der Waals surface area contributed by atoms with Crippen molar-refractivity contribution in [3.05, 3.63) is 71.3 Å². The Morgan fingerprint density at radius 3 is 1.80 bits per heavy atom. The molecule has 0 N–H and O–H groups in total. The number of hydrogen-bond acceptors (Lipinski definition) is 3. The first-order valence-electron chi connectivity index (χ1n) is 10.3. The highest BCUT2D eigenvalue weighted by atomic mass is 19.1. The summed E-state index contributed by atoms with van der Waals surface area (Å²) < 4.78 is 32.7. The molecular formula is C24H30F2N2O2. The molecule has 0 saturated carbocycles. The molecule has 1 heterocycles. The Hall–Kier alpha value is -2.47. The number of halogens is 2. The molecule has 0 spiro atoms. The molecule has 2 atom stereocenters. The summed E-state index contributed by atoms with van der Waals surface area (Å²) in [5, 5.41) is 0. The largest absolute Gasteiger partial charge is 0.444 e. The van der Waals surface area contributed by atoms with Crippen molar-refractivity contribution in [1.82, 2.24) is 9.80 Å². The number of piperazine rings is 1. The van der Waals surface area contributed by atoms with Crippen molar-refractivity contribution in [2.24, 2.45) is 0 Å². The second-order valence-corrected chi connectivity index (χ2v) is 9.03. The van der Waals surface area contributed by atoms with Gasteiger partial charge in [-0.3, -0.25) is 4.90 Å². The van der Waals surface area contributed by atoms with Crippen LogP contribution in [0.4, 0.5) is 13.6 Å². The van der Waals surface area contributed by atoms with Gasteiger partial charge in [-0.2, -0.15) is 0 Å². The van der Waals surface area contributed by atoms with Gasteiger partial charge in [-0.25, -0.2) is 13.6 Å². The van der Waals surface area contributed by atoms with E-state index in [0.29, 0.717) is 13.1 Å². The standard InChI is InChI=1S/C24H30F2N2O2/c1-16-15-28(23(29)30-24(3,4)5)17(2)14-27(16)22(18-6-10-20(25)11-7-18)19-8-12-21(26)13-9-19/h6-13,16-17,22H,14-15H2,1-5H3/t16-,17-/m1/s1. The molecule has 1 saturated heterocycles. The molecule has 2 aromatic carbocycles. The fourth-order valence-electron chi connectivity index (χ4n) is 3.95. The molecule has 3 rings (SSSR count). The van der Waals surface area contributed by atoms with Crippen LogP contribution < -0.4 is 0 Å². The maximum Gasteiger partial charge on any atom is 0.410 e. The number of benzene rings is 2. The highest BCUT2D eigenvalue weighted by molar-refractivity contribution is 5.68. The molecule has 0 radical (unpaired) electrons. The quantitative estimate of drug-likeness (QED) is 0.673. The lowest BCUT2D eigenvalue weighted by Gasteiger charge is -2.47. The molecule has 1 aliphatic rings. The Balaban J connectivity index is 1.90. The smallest absolute Gasteiger partial charge is 0.410 e. The van der Waals surface area contributed by atoms with E-state index >= 15 is 0 Å². The number of hydrogen-bond donors (Lipinski definition) is 0. The zero-order chi connectivity index (χ0) is 22.1. The van der Waals surface area contributed by atoms with Crippen molar-refractivity contribution in [3.8, 4) is 0 Å². The molecule has 0 aromatic heterocycles. The lowest BCUT2D eigenvalue weighted by Crippen LogP contribution is -2.59. The van der Waals surface area contributed by atoms with E-state index in [1.165, 1.54) is 24.3 Å². The van der Waals surface area contributed by atoms with Crippen molar-refractivity contribution >= 4 is 6.09 Å². The number of carbonyl (C=O) groups excluding carboxylic acids is 1. The molecule has 1 fully saturated rings. The van der Waals surface area contributed by atoms with Crippen molar-refractivity contribution in [2.45, 2.75) is 58.3 Å². The Kier molecular flexibility index (Phi) is 6.46. The Morgan fingerprint density at radius 1 is 0.900 bits per heavy atom. The fraction of sp³-hybridized carbons (Fsp3) is 0.458. The van der Waals surface area contributed by atoms with Gasteiger partial charge >= 0.3 is 6.09 Å². The van der Waals surface area contributed by atoms with Gasteiger partial charge in [-0.1, -0.05) is 24.3 Å². The highest BCUT2D eigenvalue weighted by Gasteiger charge is 2.38. The van der Waals surface area contributed by atoms with Gasteiger partial charge in [-0.05, 0) is 70.0 Å². The number of rotatable bonds is 3. The zero-order valence-electron chi connectivity index (χ0n) is 18.2. The number of nitrogens with zero attached hydrogens (tertiary/aromatic N) is 2. The van der Waals surface area contributed by atoms with Crippen LogP contribution >= 0.6 is 0 Å². The summed E-state index contributed by atoms with van der Waals surface area (Å²) in [4.78, 5) is 16.7. The van der Waals surface area contributed by atoms with Gasteiger partial charge in [-0.15, -0.1) is 0 Å². The maximum atomic E-state index is 13.5. The summed E-state index contributed by atoms with van der Waals surface area (Å²) in [6.45, 7) is 10.7. The summed E-state index contributed by atoms with van der Waals surface area (Å²) >= 11 is 0. The summed E-state index contributed by atoms with van der Waals surface area (Å²) in [5.41, 5.74) is 1.29. The predicted molar refractivity (Wildman–Crippen MR) is 113 cm³/mol. The molecule has 2 aromatic rings. The predicted octanol–water partition coefficient (Wildman–Crippen LogP) is 5.38. The van der Waals surface area contributed by atoms with Crippen LogP contribution in [0.1, 0.15) is 51.8 Å². The van der Waals surface area contributed by atoms with Gasteiger partial charge in [0.2, 0.25) is 0 Å². The summed E-state index contributed by atoms with van der Waals surface area (Å²) in [7, 11) is 0. The number of carbonyl (C=O) groups is 1. The minimum atomic E-state index is -0.554. The summed E-state index contributed by atoms with van der Waals surface area (Å²) in [5.74, 6) is -0.597. The first-order chi connectivity index (χ1) is 14.0. The van der Waals surface area contributed by atoms with Crippen LogP contribution in [0.2, 0.25) is 0 Å². The van der Waals surface area contributed by atoms with Crippen molar-refractivity contribution in [1.29, 1.82) is 0 Å². The second kappa shape index (κ2) is 8.72. The molecule has 6 heteroatoms. The average Bonchev–Trinajstić information content (AvgIpc) is 2.66. The molecule has 162 valence electrons. The van der Waals surface area contributed by atoms with E-state index in [4.69, 9.17) is 4.74 Å². The van der Waals surface area contributed by atoms with Gasteiger partial charge in [0.1, 0.15) is 17.2 Å². The number of ether oxygens (including phenoxy) is 1. The van der Waals surface area contributed by atoms with E-state index in [1.807, 2.05) is 27.7 Å². The van der Waals surface area contributed by atoms with Crippen LogP contribution in [-0.4, -0.2) is 46.7 Å². The van der Waals surface area contributed by atoms with Gasteiger partial charge < -0.3 is 9.64 Å². The Bertz CT molecular complexity index is 817. The summed E-state index contributed by atoms with van der Waals surface area (Å²) in [6, 6.07) is 12.6. The Morgan fingerprint density at radius 2 is 1.37 bits per heavy atom. The Labute approximate surface area is 177 Å². The zero-order valence-corrected chi connectivity index (χ0v) is 18.2.